The van der Waals surface area contributed by atoms with Gasteiger partial charge >= 0.3 is 5.97 Å². The molecule has 0 bridgehead atoms. The van der Waals surface area contributed by atoms with Crippen LogP contribution in [0.3, 0.4) is 0 Å². The van der Waals surface area contributed by atoms with E-state index in [1.54, 1.807) is 0 Å². The highest BCUT2D eigenvalue weighted by Gasteiger charge is 2.55. The Balaban J connectivity index is 3.58. The van der Waals surface area contributed by atoms with Crippen molar-refractivity contribution in [3.05, 3.63) is 0 Å². The molecular formula is C20H42N2O7Si2. The lowest BCUT2D eigenvalue weighted by Gasteiger charge is -2.49. The summed E-state index contributed by atoms with van der Waals surface area (Å²) in [5.41, 5.74) is 0. The number of amides is 1. The van der Waals surface area contributed by atoms with Gasteiger partial charge in [0.2, 0.25) is 12.2 Å². The molecule has 0 saturated carbocycles. The molecule has 11 heteroatoms. The van der Waals surface area contributed by atoms with Gasteiger partial charge in [-0.25, -0.2) is 10.7 Å². The van der Waals surface area contributed by atoms with Gasteiger partial charge < -0.3 is 24.0 Å². The van der Waals surface area contributed by atoms with Crippen molar-refractivity contribution in [2.45, 2.75) is 115 Å². The average Bonchev–Trinajstić information content (AvgIpc) is 2.77. The molecule has 1 amide bonds. The molecule has 0 aromatic carbocycles. The fraction of sp³-hybridized carbons (Fsp3) is 0.900. The minimum absolute atomic E-state index is 0.307. The Morgan fingerprint density at radius 1 is 0.903 bits per heavy atom. The lowest BCUT2D eigenvalue weighted by atomic mass is 9.96. The van der Waals surface area contributed by atoms with Crippen LogP contribution < -0.4 is 11.2 Å². The predicted octanol–water partition coefficient (Wildman–Crippen LogP) is 2.97. The maximum absolute atomic E-state index is 12.2. The number of carbonyl (C=O) groups is 2. The lowest BCUT2D eigenvalue weighted by molar-refractivity contribution is -0.260. The highest BCUT2D eigenvalue weighted by molar-refractivity contribution is 6.74. The number of nitrogens with one attached hydrogen (secondary N) is 1. The summed E-state index contributed by atoms with van der Waals surface area (Å²) < 4.78 is 19.2. The molecule has 0 radical (unpaired) electrons. The third-order valence-electron chi connectivity index (χ3n) is 6.94. The van der Waals surface area contributed by atoms with Gasteiger partial charge in [0.05, 0.1) is 6.10 Å². The van der Waals surface area contributed by atoms with E-state index in [-0.39, 0.29) is 5.91 Å². The number of hydrogen-bond donors (Lipinski definition) is 3. The number of hydrogen-bond acceptors (Lipinski definition) is 7. The van der Waals surface area contributed by atoms with Crippen LogP contribution in [0, 0.1) is 0 Å². The molecule has 9 nitrogen and oxygen atoms in total. The molecule has 4 N–H and O–H groups in total. The van der Waals surface area contributed by atoms with Crippen LogP contribution in [-0.2, 0) is 28.0 Å². The topological polar surface area (TPSA) is 129 Å². The zero-order valence-corrected chi connectivity index (χ0v) is 22.1. The van der Waals surface area contributed by atoms with Crippen molar-refractivity contribution in [1.29, 1.82) is 0 Å². The third-order valence-corrected chi connectivity index (χ3v) is 16.2. The fourth-order valence-corrected chi connectivity index (χ4v) is 10.1. The van der Waals surface area contributed by atoms with Crippen LogP contribution in [0.2, 0.25) is 36.3 Å². The molecule has 182 valence electrons. The van der Waals surface area contributed by atoms with Crippen LogP contribution in [0.5, 0.6) is 0 Å². The molecule has 0 aliphatic carbocycles. The molecule has 1 aliphatic heterocycles. The summed E-state index contributed by atoms with van der Waals surface area (Å²) in [5, 5.41) is 12.8. The molecule has 1 rings (SSSR count). The van der Waals surface area contributed by atoms with E-state index in [9.17, 15) is 14.7 Å². The molecule has 31 heavy (non-hydrogen) atoms. The number of carbonyl (C=O) groups excluding carboxylic acids is 1. The van der Waals surface area contributed by atoms with Crippen LogP contribution in [0.25, 0.3) is 0 Å². The van der Waals surface area contributed by atoms with Crippen LogP contribution >= 0.6 is 0 Å². The zero-order chi connectivity index (χ0) is 23.8. The van der Waals surface area contributed by atoms with E-state index in [0.29, 0.717) is 0 Å². The van der Waals surface area contributed by atoms with Crippen molar-refractivity contribution in [3.8, 4) is 0 Å². The van der Waals surface area contributed by atoms with Crippen LogP contribution in [-0.4, -0.2) is 64.3 Å². The maximum Gasteiger partial charge on any atom is 0.335 e. The molecule has 0 aromatic heterocycles. The number of ether oxygens (including phenoxy) is 1. The zero-order valence-electron chi connectivity index (χ0n) is 20.1. The first-order chi connectivity index (χ1) is 14.6. The summed E-state index contributed by atoms with van der Waals surface area (Å²) in [5.74, 6) is 3.99. The van der Waals surface area contributed by atoms with Gasteiger partial charge in [0.1, 0.15) is 12.1 Å². The molecular weight excluding hydrogens is 436 g/mol. The summed E-state index contributed by atoms with van der Waals surface area (Å²) in [6.45, 7) is 13.9. The molecule has 1 heterocycles. The van der Waals surface area contributed by atoms with E-state index in [2.05, 4.69) is 46.9 Å². The second kappa shape index (κ2) is 12.4. The van der Waals surface area contributed by atoms with Gasteiger partial charge in [0, 0.05) is 6.92 Å². The largest absolute Gasteiger partial charge is 0.479 e. The van der Waals surface area contributed by atoms with E-state index in [0.717, 1.165) is 36.3 Å². The molecule has 2 unspecified atom stereocenters. The van der Waals surface area contributed by atoms with Gasteiger partial charge in [-0.3, -0.25) is 9.63 Å². The third kappa shape index (κ3) is 6.59. The monoisotopic (exact) mass is 478 g/mol. The first-order valence-electron chi connectivity index (χ1n) is 11.5. The number of carboxylic acids is 1. The Bertz CT molecular complexity index is 571. The van der Waals surface area contributed by atoms with Crippen molar-refractivity contribution in [2.24, 2.45) is 5.90 Å². The van der Waals surface area contributed by atoms with Crippen molar-refractivity contribution in [3.63, 3.8) is 0 Å². The van der Waals surface area contributed by atoms with E-state index in [1.165, 1.54) is 6.92 Å². The Hall–Kier alpha value is -0.826. The van der Waals surface area contributed by atoms with Crippen LogP contribution in [0.15, 0.2) is 0 Å². The standard InChI is InChI=1S/C20H42N2O7Si2/c1-8-30(9-2,10-3)28-16-15(22-14(7)23)20(27-21)26-18(19(24)25)17(16)29-31(11-4,12-5)13-6/h15-18,20H,8-13,21H2,1-7H3,(H,22,23)(H,24,25)/t15-,16-,17+,18?,20?/m1/s1. The summed E-state index contributed by atoms with van der Waals surface area (Å²) in [4.78, 5) is 29.2. The van der Waals surface area contributed by atoms with Gasteiger partial charge in [0.25, 0.3) is 0 Å². The highest BCUT2D eigenvalue weighted by Crippen LogP contribution is 2.36. The molecule has 0 aromatic rings. The highest BCUT2D eigenvalue weighted by atomic mass is 28.4. The Kier molecular flexibility index (Phi) is 11.3. The predicted molar refractivity (Wildman–Crippen MR) is 123 cm³/mol. The summed E-state index contributed by atoms with van der Waals surface area (Å²) >= 11 is 0. The van der Waals surface area contributed by atoms with Gasteiger partial charge in [0.15, 0.2) is 22.7 Å². The van der Waals surface area contributed by atoms with E-state index in [1.807, 2.05) is 0 Å². The minimum atomic E-state index is -2.23. The smallest absolute Gasteiger partial charge is 0.335 e. The average molecular weight is 479 g/mol. The summed E-state index contributed by atoms with van der Waals surface area (Å²) in [6, 6.07) is 4.33. The van der Waals surface area contributed by atoms with E-state index >= 15 is 0 Å². The Labute approximate surface area is 188 Å². The van der Waals surface area contributed by atoms with Crippen LogP contribution in [0.1, 0.15) is 48.5 Å². The van der Waals surface area contributed by atoms with Gasteiger partial charge in [-0.05, 0) is 36.3 Å². The summed E-state index contributed by atoms with van der Waals surface area (Å²) in [7, 11) is -4.45. The molecule has 1 aliphatic rings. The fourth-order valence-electron chi connectivity index (χ4n) is 4.38. The first kappa shape index (κ1) is 28.2. The van der Waals surface area contributed by atoms with Gasteiger partial charge in [-0.2, -0.15) is 0 Å². The first-order valence-corrected chi connectivity index (χ1v) is 16.5. The van der Waals surface area contributed by atoms with Crippen molar-refractivity contribution < 1.29 is 33.1 Å². The SMILES string of the molecule is CC[Si](CC)(CC)O[C@H]1[C@H](O[Si](CC)(CC)CC)C(C(=O)O)OC(ON)[C@@H]1NC(C)=O. The normalized spacial score (nSPS) is 27.2. The van der Waals surface area contributed by atoms with Crippen molar-refractivity contribution in [2.75, 3.05) is 0 Å². The summed E-state index contributed by atoms with van der Waals surface area (Å²) in [6.07, 6.45) is -4.08. The second-order valence-electron chi connectivity index (χ2n) is 8.28. The minimum Gasteiger partial charge on any atom is -0.479 e. The van der Waals surface area contributed by atoms with Crippen molar-refractivity contribution in [1.82, 2.24) is 5.32 Å². The molecule has 1 saturated heterocycles. The number of rotatable bonds is 13. The second-order valence-corrected chi connectivity index (χ2v) is 17.7. The molecule has 0 spiro atoms. The Morgan fingerprint density at radius 3 is 1.65 bits per heavy atom. The van der Waals surface area contributed by atoms with Crippen molar-refractivity contribution >= 4 is 28.5 Å². The van der Waals surface area contributed by atoms with E-state index < -0.39 is 53.2 Å². The van der Waals surface area contributed by atoms with Gasteiger partial charge in [-0.1, -0.05) is 41.5 Å². The molecule has 5 atom stereocenters. The molecule has 1 fully saturated rings. The number of nitrogens with two attached hydrogens (primary N) is 1. The van der Waals surface area contributed by atoms with Gasteiger partial charge in [-0.15, -0.1) is 0 Å². The van der Waals surface area contributed by atoms with Crippen LogP contribution in [0.4, 0.5) is 0 Å². The quantitative estimate of drug-likeness (QED) is 0.272. The Morgan fingerprint density at radius 2 is 1.32 bits per heavy atom. The number of carboxylic acid groups (broad SMARTS) is 1. The van der Waals surface area contributed by atoms with E-state index in [4.69, 9.17) is 24.3 Å². The lowest BCUT2D eigenvalue weighted by Crippen LogP contribution is -2.70. The number of aliphatic carboxylic acids is 1. The maximum atomic E-state index is 12.2.